The van der Waals surface area contributed by atoms with Crippen molar-refractivity contribution in [2.24, 2.45) is 9.98 Å². The normalized spacial score (nSPS) is 15.4. The van der Waals surface area contributed by atoms with Crippen molar-refractivity contribution in [3.05, 3.63) is 94.0 Å². The predicted octanol–water partition coefficient (Wildman–Crippen LogP) is 5.97. The van der Waals surface area contributed by atoms with Crippen LogP contribution >= 0.6 is 0 Å². The van der Waals surface area contributed by atoms with Crippen LogP contribution in [-0.4, -0.2) is 27.1 Å². The molecule has 5 nitrogen and oxygen atoms in total. The van der Waals surface area contributed by atoms with Gasteiger partial charge in [0.25, 0.3) is 0 Å². The molecule has 0 unspecified atom stereocenters. The van der Waals surface area contributed by atoms with Crippen molar-refractivity contribution in [2.75, 3.05) is 0 Å². The van der Waals surface area contributed by atoms with E-state index in [0.29, 0.717) is 11.3 Å². The molecule has 31 heavy (non-hydrogen) atoms. The van der Waals surface area contributed by atoms with Crippen LogP contribution < -0.4 is 0 Å². The molecule has 156 valence electrons. The molecule has 3 N–H and O–H groups in total. The largest absolute Gasteiger partial charge is 0.507 e. The number of H-pyrrole nitrogens is 1. The van der Waals surface area contributed by atoms with E-state index >= 15 is 0 Å². The summed E-state index contributed by atoms with van der Waals surface area (Å²) in [6.45, 7) is 8.15. The number of rotatable bonds is 4. The summed E-state index contributed by atoms with van der Waals surface area (Å²) in [5.41, 5.74) is 9.08. The minimum absolute atomic E-state index is 0.0891. The van der Waals surface area contributed by atoms with Gasteiger partial charge in [0.15, 0.2) is 0 Å². The van der Waals surface area contributed by atoms with Crippen molar-refractivity contribution >= 4 is 23.2 Å². The number of nitrogens with one attached hydrogen (secondary N) is 1. The zero-order chi connectivity index (χ0) is 22.1. The molecule has 1 aliphatic rings. The summed E-state index contributed by atoms with van der Waals surface area (Å²) in [6.07, 6.45) is 3.64. The molecule has 0 radical (unpaired) electrons. The van der Waals surface area contributed by atoms with Crippen molar-refractivity contribution in [2.45, 2.75) is 27.7 Å². The van der Waals surface area contributed by atoms with E-state index in [1.54, 1.807) is 36.5 Å². The highest BCUT2D eigenvalue weighted by atomic mass is 16.3. The molecule has 0 amide bonds. The number of phenols is 2. The van der Waals surface area contributed by atoms with E-state index in [0.717, 1.165) is 45.1 Å². The monoisotopic (exact) mass is 411 g/mol. The lowest BCUT2D eigenvalue weighted by molar-refractivity contribution is 0.474. The Hall–Kier alpha value is -3.86. The highest BCUT2D eigenvalue weighted by molar-refractivity contribution is 6.01. The van der Waals surface area contributed by atoms with E-state index in [1.165, 1.54) is 0 Å². The maximum Gasteiger partial charge on any atom is 0.141 e. The van der Waals surface area contributed by atoms with E-state index in [1.807, 2.05) is 26.0 Å². The number of para-hydroxylation sites is 2. The Bertz CT molecular complexity index is 1290. The minimum atomic E-state index is 0.0891. The molecule has 0 bridgehead atoms. The lowest BCUT2D eigenvalue weighted by Crippen LogP contribution is -1.97. The Labute approximate surface area is 181 Å². The Morgan fingerprint density at radius 3 is 2.39 bits per heavy atom. The zero-order valence-electron chi connectivity index (χ0n) is 18.1. The third-order valence-corrected chi connectivity index (χ3v) is 5.26. The van der Waals surface area contributed by atoms with Crippen molar-refractivity contribution in [1.29, 1.82) is 0 Å². The van der Waals surface area contributed by atoms with Gasteiger partial charge in [-0.2, -0.15) is 0 Å². The smallest absolute Gasteiger partial charge is 0.141 e. The third kappa shape index (κ3) is 4.08. The average Bonchev–Trinajstić information content (AvgIpc) is 3.23. The number of aromatic nitrogens is 1. The van der Waals surface area contributed by atoms with Crippen molar-refractivity contribution in [1.82, 2.24) is 4.98 Å². The first-order chi connectivity index (χ1) is 14.8. The van der Waals surface area contributed by atoms with Gasteiger partial charge in [-0.3, -0.25) is 9.98 Å². The van der Waals surface area contributed by atoms with Crippen LogP contribution in [0.15, 0.2) is 75.9 Å². The van der Waals surface area contributed by atoms with Gasteiger partial charge >= 0.3 is 0 Å². The number of hydrogen-bond donors (Lipinski definition) is 3. The van der Waals surface area contributed by atoms with Gasteiger partial charge in [-0.05, 0) is 80.8 Å². The molecule has 0 saturated carbocycles. The fraction of sp³-hybridized carbons (Fsp3) is 0.154. The number of aliphatic imine (C=N–C) groups is 2. The molecule has 4 rings (SSSR count). The molecular weight excluding hydrogens is 386 g/mol. The summed E-state index contributed by atoms with van der Waals surface area (Å²) < 4.78 is 0. The number of allylic oxidation sites excluding steroid dienone is 2. The van der Waals surface area contributed by atoms with E-state index in [4.69, 9.17) is 4.99 Å². The number of aromatic amines is 1. The van der Waals surface area contributed by atoms with E-state index in [2.05, 4.69) is 36.0 Å². The maximum atomic E-state index is 10.4. The molecular formula is C26H25N3O2. The second-order valence-electron chi connectivity index (χ2n) is 7.84. The van der Waals surface area contributed by atoms with Crippen molar-refractivity contribution < 1.29 is 10.2 Å². The lowest BCUT2D eigenvalue weighted by atomic mass is 9.94. The summed E-state index contributed by atoms with van der Waals surface area (Å²) in [5, 5.41) is 20.4. The predicted molar refractivity (Wildman–Crippen MR) is 127 cm³/mol. The molecule has 0 saturated heterocycles. The van der Waals surface area contributed by atoms with Gasteiger partial charge in [0.2, 0.25) is 0 Å². The number of benzene rings is 2. The summed E-state index contributed by atoms with van der Waals surface area (Å²) in [6, 6.07) is 14.4. The molecule has 1 aromatic heterocycles. The van der Waals surface area contributed by atoms with Gasteiger partial charge in [-0.1, -0.05) is 18.2 Å². The van der Waals surface area contributed by atoms with Crippen LogP contribution in [-0.2, 0) is 0 Å². The number of phenolic OH excluding ortho intramolecular Hbond substituents is 2. The van der Waals surface area contributed by atoms with Gasteiger partial charge in [0.05, 0.1) is 11.4 Å². The van der Waals surface area contributed by atoms with Crippen LogP contribution in [0.3, 0.4) is 0 Å². The van der Waals surface area contributed by atoms with E-state index < -0.39 is 0 Å². The van der Waals surface area contributed by atoms with Crippen molar-refractivity contribution in [3.63, 3.8) is 0 Å². The minimum Gasteiger partial charge on any atom is -0.507 e. The molecule has 0 fully saturated rings. The lowest BCUT2D eigenvalue weighted by Gasteiger charge is -2.13. The quantitative estimate of drug-likeness (QED) is 0.462. The molecule has 3 aromatic rings. The highest BCUT2D eigenvalue weighted by Crippen LogP contribution is 2.36. The number of nitrogens with zero attached hydrogens (tertiary/aromatic N) is 2. The highest BCUT2D eigenvalue weighted by Gasteiger charge is 2.20. The fourth-order valence-corrected chi connectivity index (χ4v) is 3.85. The third-order valence-electron chi connectivity index (χ3n) is 5.26. The van der Waals surface area contributed by atoms with Gasteiger partial charge < -0.3 is 15.2 Å². The first-order valence-corrected chi connectivity index (χ1v) is 10.1. The van der Waals surface area contributed by atoms with E-state index in [9.17, 15) is 10.2 Å². The average molecular weight is 412 g/mol. The van der Waals surface area contributed by atoms with Crippen molar-refractivity contribution in [3.8, 4) is 11.5 Å². The van der Waals surface area contributed by atoms with Crippen LogP contribution in [0, 0.1) is 13.8 Å². The Balaban J connectivity index is 1.87. The number of hydrogen-bond acceptors (Lipinski definition) is 4. The first-order valence-electron chi connectivity index (χ1n) is 10.1. The van der Waals surface area contributed by atoms with Gasteiger partial charge in [0.1, 0.15) is 17.2 Å². The standard InChI is InChI=1S/C26H25N3O2/c1-15-11-17(3)28-25(15)24(26-16(2)12-18(4)29-26)19-9-10-22(30)20(13-19)14-27-21-7-5-6-8-23(21)31/h5-14,28,30-31H,1-4H3/b26-24-,27-14?. The van der Waals surface area contributed by atoms with Crippen LogP contribution in [0.5, 0.6) is 11.5 Å². The molecule has 2 heterocycles. The van der Waals surface area contributed by atoms with Crippen LogP contribution in [0.25, 0.3) is 5.57 Å². The zero-order valence-corrected chi connectivity index (χ0v) is 18.1. The fourth-order valence-electron chi connectivity index (χ4n) is 3.85. The number of aryl methyl sites for hydroxylation is 2. The summed E-state index contributed by atoms with van der Waals surface area (Å²) in [4.78, 5) is 12.6. The Morgan fingerprint density at radius 2 is 1.74 bits per heavy atom. The summed E-state index contributed by atoms with van der Waals surface area (Å²) >= 11 is 0. The van der Waals surface area contributed by atoms with Crippen LogP contribution in [0.4, 0.5) is 5.69 Å². The maximum absolute atomic E-state index is 10.4. The second-order valence-corrected chi connectivity index (χ2v) is 7.84. The first kappa shape index (κ1) is 20.4. The molecule has 5 heteroatoms. The second kappa shape index (κ2) is 8.11. The van der Waals surface area contributed by atoms with Crippen LogP contribution in [0.2, 0.25) is 0 Å². The summed E-state index contributed by atoms with van der Waals surface area (Å²) in [5.74, 6) is 0.205. The SMILES string of the molecule is CC1=CC(C)=N/C1=C(/c1ccc(O)c(C=Nc2ccccc2O)c1)c1[nH]c(C)cc1C. The molecule has 0 aliphatic carbocycles. The van der Waals surface area contributed by atoms with Gasteiger partial charge in [-0.15, -0.1) is 0 Å². The summed E-state index contributed by atoms with van der Waals surface area (Å²) in [7, 11) is 0. The molecule has 2 aromatic carbocycles. The van der Waals surface area contributed by atoms with Crippen LogP contribution in [0.1, 0.15) is 41.9 Å². The topological polar surface area (TPSA) is 81.0 Å². The molecule has 0 atom stereocenters. The van der Waals surface area contributed by atoms with Gasteiger partial charge in [-0.25, -0.2) is 0 Å². The Morgan fingerprint density at radius 1 is 0.968 bits per heavy atom. The van der Waals surface area contributed by atoms with E-state index in [-0.39, 0.29) is 11.5 Å². The molecule has 1 aliphatic heterocycles. The Kier molecular flexibility index (Phi) is 5.34. The van der Waals surface area contributed by atoms with Gasteiger partial charge in [0, 0.05) is 28.8 Å². The number of aromatic hydroxyl groups is 2. The molecule has 0 spiro atoms.